The molecule has 1 N–H and O–H groups in total. The molecule has 1 unspecified atom stereocenters. The highest BCUT2D eigenvalue weighted by atomic mass is 35.5. The van der Waals surface area contributed by atoms with Crippen LogP contribution in [0.25, 0.3) is 11.1 Å². The second-order valence-electron chi connectivity index (χ2n) is 4.71. The number of oxazole rings is 1. The second kappa shape index (κ2) is 4.78. The largest absolute Gasteiger partial charge is 0.423 e. The molecule has 4 nitrogen and oxygen atoms in total. The van der Waals surface area contributed by atoms with Crippen LogP contribution >= 0.6 is 11.6 Å². The van der Waals surface area contributed by atoms with Gasteiger partial charge < -0.3 is 14.6 Å². The van der Waals surface area contributed by atoms with Gasteiger partial charge in [0.25, 0.3) is 6.01 Å². The third-order valence-electron chi connectivity index (χ3n) is 3.34. The first-order valence-electron chi connectivity index (χ1n) is 6.27. The average molecular weight is 266 g/mol. The van der Waals surface area contributed by atoms with Gasteiger partial charge in [-0.1, -0.05) is 17.7 Å². The summed E-state index contributed by atoms with van der Waals surface area (Å²) in [6.07, 6.45) is 1.09. The van der Waals surface area contributed by atoms with Gasteiger partial charge in [-0.05, 0) is 25.5 Å². The van der Waals surface area contributed by atoms with E-state index in [1.54, 1.807) is 0 Å². The second-order valence-corrected chi connectivity index (χ2v) is 5.12. The van der Waals surface area contributed by atoms with E-state index in [0.717, 1.165) is 37.2 Å². The summed E-state index contributed by atoms with van der Waals surface area (Å²) in [6.45, 7) is 5.02. The first-order chi connectivity index (χ1) is 8.74. The van der Waals surface area contributed by atoms with Gasteiger partial charge in [0.1, 0.15) is 5.52 Å². The van der Waals surface area contributed by atoms with E-state index in [4.69, 9.17) is 16.0 Å². The van der Waals surface area contributed by atoms with Crippen LogP contribution in [0.4, 0.5) is 6.01 Å². The summed E-state index contributed by atoms with van der Waals surface area (Å²) >= 11 is 6.11. The Morgan fingerprint density at radius 1 is 1.44 bits per heavy atom. The molecule has 3 rings (SSSR count). The van der Waals surface area contributed by atoms with Crippen molar-refractivity contribution in [2.24, 2.45) is 0 Å². The minimum Gasteiger partial charge on any atom is -0.423 e. The quantitative estimate of drug-likeness (QED) is 0.861. The van der Waals surface area contributed by atoms with E-state index >= 15 is 0 Å². The predicted octanol–water partition coefficient (Wildman–Crippen LogP) is 2.67. The molecule has 18 heavy (non-hydrogen) atoms. The number of anilines is 1. The molecule has 0 bridgehead atoms. The third-order valence-corrected chi connectivity index (χ3v) is 3.64. The molecule has 1 aromatic heterocycles. The van der Waals surface area contributed by atoms with Crippen molar-refractivity contribution in [3.63, 3.8) is 0 Å². The topological polar surface area (TPSA) is 41.3 Å². The van der Waals surface area contributed by atoms with Crippen molar-refractivity contribution in [2.75, 3.05) is 24.5 Å². The number of fused-ring (bicyclic) bond motifs is 1. The number of halogens is 1. The Balaban J connectivity index is 1.91. The molecular weight excluding hydrogens is 250 g/mol. The lowest BCUT2D eigenvalue weighted by molar-refractivity contribution is 0.559. The number of hydrogen-bond acceptors (Lipinski definition) is 4. The van der Waals surface area contributed by atoms with Gasteiger partial charge in [-0.25, -0.2) is 0 Å². The number of hydrogen-bond donors (Lipinski definition) is 1. The number of para-hydroxylation sites is 1. The molecule has 2 heterocycles. The molecule has 5 heteroatoms. The average Bonchev–Trinajstić information content (AvgIpc) is 2.67. The summed E-state index contributed by atoms with van der Waals surface area (Å²) < 4.78 is 5.78. The molecular formula is C13H16ClN3O. The van der Waals surface area contributed by atoms with Crippen LogP contribution in [-0.2, 0) is 0 Å². The number of rotatable bonds is 1. The molecule has 2 aromatic rings. The highest BCUT2D eigenvalue weighted by molar-refractivity contribution is 6.34. The summed E-state index contributed by atoms with van der Waals surface area (Å²) in [7, 11) is 0. The minimum atomic E-state index is 0.544. The monoisotopic (exact) mass is 265 g/mol. The normalized spacial score (nSPS) is 21.2. The van der Waals surface area contributed by atoms with Crippen molar-refractivity contribution < 1.29 is 4.42 Å². The lowest BCUT2D eigenvalue weighted by atomic mass is 10.2. The van der Waals surface area contributed by atoms with Crippen molar-refractivity contribution in [1.29, 1.82) is 0 Å². The molecule has 0 saturated carbocycles. The maximum Gasteiger partial charge on any atom is 0.298 e. The van der Waals surface area contributed by atoms with Crippen molar-refractivity contribution in [2.45, 2.75) is 19.4 Å². The lowest BCUT2D eigenvalue weighted by Crippen LogP contribution is -2.29. The minimum absolute atomic E-state index is 0.544. The van der Waals surface area contributed by atoms with E-state index < -0.39 is 0 Å². The molecule has 0 spiro atoms. The Hall–Kier alpha value is -1.26. The first kappa shape index (κ1) is 11.8. The molecule has 1 fully saturated rings. The predicted molar refractivity (Wildman–Crippen MR) is 73.3 cm³/mol. The van der Waals surface area contributed by atoms with Crippen molar-refractivity contribution in [3.8, 4) is 0 Å². The van der Waals surface area contributed by atoms with Gasteiger partial charge >= 0.3 is 0 Å². The van der Waals surface area contributed by atoms with E-state index in [1.807, 2.05) is 18.2 Å². The molecule has 1 atom stereocenters. The summed E-state index contributed by atoms with van der Waals surface area (Å²) in [5, 5.41) is 4.09. The highest BCUT2D eigenvalue weighted by Crippen LogP contribution is 2.27. The van der Waals surface area contributed by atoms with Gasteiger partial charge in [-0.3, -0.25) is 0 Å². The Bertz CT molecular complexity index is 554. The van der Waals surface area contributed by atoms with Crippen molar-refractivity contribution in [1.82, 2.24) is 10.3 Å². The Labute approximate surface area is 111 Å². The molecule has 1 aliphatic heterocycles. The standard InChI is InChI=1S/C13H16ClN3O/c1-9-5-7-17(8-6-15-9)13-16-12-10(14)3-2-4-11(12)18-13/h2-4,9,15H,5-8H2,1H3. The van der Waals surface area contributed by atoms with Crippen LogP contribution in [0.5, 0.6) is 0 Å². The van der Waals surface area contributed by atoms with Gasteiger partial charge in [-0.2, -0.15) is 4.98 Å². The van der Waals surface area contributed by atoms with Crippen LogP contribution in [0.1, 0.15) is 13.3 Å². The molecule has 1 aliphatic rings. The fourth-order valence-electron chi connectivity index (χ4n) is 2.24. The van der Waals surface area contributed by atoms with Crippen LogP contribution in [-0.4, -0.2) is 30.7 Å². The van der Waals surface area contributed by atoms with Crippen molar-refractivity contribution >= 4 is 28.7 Å². The summed E-state index contributed by atoms with van der Waals surface area (Å²) in [6, 6.07) is 6.83. The van der Waals surface area contributed by atoms with Crippen LogP contribution in [0.15, 0.2) is 22.6 Å². The van der Waals surface area contributed by atoms with E-state index in [2.05, 4.69) is 22.1 Å². The number of nitrogens with one attached hydrogen (secondary N) is 1. The SMILES string of the molecule is CC1CCN(c2nc3c(Cl)cccc3o2)CCN1. The molecule has 0 radical (unpaired) electrons. The molecule has 96 valence electrons. The van der Waals surface area contributed by atoms with Gasteiger partial charge in [0.15, 0.2) is 5.58 Å². The smallest absolute Gasteiger partial charge is 0.298 e. The summed E-state index contributed by atoms with van der Waals surface area (Å²) in [5.41, 5.74) is 1.50. The number of benzene rings is 1. The van der Waals surface area contributed by atoms with Gasteiger partial charge in [0.05, 0.1) is 5.02 Å². The van der Waals surface area contributed by atoms with Crippen LogP contribution in [0, 0.1) is 0 Å². The zero-order chi connectivity index (χ0) is 12.5. The van der Waals surface area contributed by atoms with E-state index in [9.17, 15) is 0 Å². The highest BCUT2D eigenvalue weighted by Gasteiger charge is 2.18. The third kappa shape index (κ3) is 2.18. The maximum absolute atomic E-state index is 6.11. The van der Waals surface area contributed by atoms with Gasteiger partial charge in [-0.15, -0.1) is 0 Å². The van der Waals surface area contributed by atoms with Gasteiger partial charge in [0.2, 0.25) is 0 Å². The first-order valence-corrected chi connectivity index (χ1v) is 6.65. The summed E-state index contributed by atoms with van der Waals surface area (Å²) in [5.74, 6) is 0. The fraction of sp³-hybridized carbons (Fsp3) is 0.462. The number of nitrogens with zero attached hydrogens (tertiary/aromatic N) is 2. The van der Waals surface area contributed by atoms with Crippen LogP contribution in [0.2, 0.25) is 5.02 Å². The van der Waals surface area contributed by atoms with Crippen LogP contribution < -0.4 is 10.2 Å². The Kier molecular flexibility index (Phi) is 3.14. The van der Waals surface area contributed by atoms with E-state index in [0.29, 0.717) is 17.1 Å². The zero-order valence-corrected chi connectivity index (χ0v) is 11.1. The Morgan fingerprint density at radius 2 is 2.33 bits per heavy atom. The maximum atomic E-state index is 6.11. The van der Waals surface area contributed by atoms with E-state index in [1.165, 1.54) is 0 Å². The number of aromatic nitrogens is 1. The zero-order valence-electron chi connectivity index (χ0n) is 10.3. The molecule has 1 saturated heterocycles. The fourth-order valence-corrected chi connectivity index (χ4v) is 2.45. The lowest BCUT2D eigenvalue weighted by Gasteiger charge is -2.16. The van der Waals surface area contributed by atoms with Crippen molar-refractivity contribution in [3.05, 3.63) is 23.2 Å². The molecule has 0 amide bonds. The van der Waals surface area contributed by atoms with E-state index in [-0.39, 0.29) is 0 Å². The molecule has 0 aliphatic carbocycles. The Morgan fingerprint density at radius 3 is 3.17 bits per heavy atom. The summed E-state index contributed by atoms with van der Waals surface area (Å²) in [4.78, 5) is 6.68. The van der Waals surface area contributed by atoms with Gasteiger partial charge in [0, 0.05) is 25.7 Å². The van der Waals surface area contributed by atoms with Crippen LogP contribution in [0.3, 0.4) is 0 Å². The molecule has 1 aromatic carbocycles.